The molecule has 0 amide bonds. The Balaban J connectivity index is 0. The molecule has 0 fully saturated rings. The lowest BCUT2D eigenvalue weighted by Crippen LogP contribution is -3.00. The normalized spacial score (nSPS) is 12.5. The quantitative estimate of drug-likeness (QED) is 0.485. The summed E-state index contributed by atoms with van der Waals surface area (Å²) in [6.45, 7) is 27.5. The van der Waals surface area contributed by atoms with Crippen LogP contribution in [-0.4, -0.2) is 71.0 Å². The number of nitrogens with zero attached hydrogens (tertiary/aromatic N) is 4. The van der Waals surface area contributed by atoms with Crippen LogP contribution in [-0.2, 0) is 0 Å². The van der Waals surface area contributed by atoms with Crippen molar-refractivity contribution in [1.29, 1.82) is 0 Å². The molecule has 0 saturated heterocycles. The molecule has 0 bridgehead atoms. The molecule has 0 atom stereocenters. The number of hydrogen-bond acceptors (Lipinski definition) is 4. The van der Waals surface area contributed by atoms with E-state index in [0.717, 1.165) is 52.4 Å². The second-order valence-corrected chi connectivity index (χ2v) is 8.43. The van der Waals surface area contributed by atoms with Gasteiger partial charge in [0.15, 0.2) is 0 Å². The van der Waals surface area contributed by atoms with E-state index in [2.05, 4.69) is 74.1 Å². The first-order valence-corrected chi connectivity index (χ1v) is 10.6. The van der Waals surface area contributed by atoms with Crippen molar-refractivity contribution in [2.24, 2.45) is 0 Å². The molecule has 0 radical (unpaired) electrons. The lowest BCUT2D eigenvalue weighted by atomic mass is 10.6. The van der Waals surface area contributed by atoms with E-state index in [9.17, 15) is 0 Å². The summed E-state index contributed by atoms with van der Waals surface area (Å²) in [6.07, 6.45) is 0. The van der Waals surface area contributed by atoms with Crippen LogP contribution < -0.4 is 12.4 Å². The van der Waals surface area contributed by atoms with E-state index in [1.807, 2.05) is 0 Å². The molecule has 0 aliphatic heterocycles. The van der Waals surface area contributed by atoms with Gasteiger partial charge in [-0.05, 0) is 55.4 Å². The standard InChI is InChI=1S/C16H40N4P.ClH/c1-9-17(10-2)21(18(11-3)12-4,19(13-5)14-6)20(15-7)16-8;/h9-16H2,1-8H3;1H/q+1;/p-1. The summed E-state index contributed by atoms with van der Waals surface area (Å²) in [7, 11) is -1.60. The number of hydrogen-bond donors (Lipinski definition) is 0. The third-order valence-electron chi connectivity index (χ3n) is 4.44. The van der Waals surface area contributed by atoms with Gasteiger partial charge in [-0.3, -0.25) is 0 Å². The molecule has 4 nitrogen and oxygen atoms in total. The summed E-state index contributed by atoms with van der Waals surface area (Å²) in [6, 6.07) is 0. The lowest BCUT2D eigenvalue weighted by molar-refractivity contribution is -0.00000569. The minimum absolute atomic E-state index is 0. The summed E-state index contributed by atoms with van der Waals surface area (Å²) in [5.41, 5.74) is 0. The molecule has 0 aromatic rings. The van der Waals surface area contributed by atoms with Crippen LogP contribution in [0.15, 0.2) is 0 Å². The van der Waals surface area contributed by atoms with Crippen molar-refractivity contribution >= 4 is 7.87 Å². The Labute approximate surface area is 147 Å². The van der Waals surface area contributed by atoms with E-state index in [0.29, 0.717) is 0 Å². The Morgan fingerprint density at radius 1 is 0.409 bits per heavy atom. The molecular formula is C16H40ClN4P. The molecule has 0 N–H and O–H groups in total. The summed E-state index contributed by atoms with van der Waals surface area (Å²) in [5, 5.41) is 0. The topological polar surface area (TPSA) is 13.0 Å². The van der Waals surface area contributed by atoms with Gasteiger partial charge in [0.1, 0.15) is 0 Å². The molecular weight excluding hydrogens is 315 g/mol. The zero-order chi connectivity index (χ0) is 16.5. The Kier molecular flexibility index (Phi) is 14.6. The Morgan fingerprint density at radius 2 is 0.545 bits per heavy atom. The molecule has 0 saturated carbocycles. The average Bonchev–Trinajstić information content (AvgIpc) is 2.51. The molecule has 0 aliphatic carbocycles. The molecule has 0 spiro atoms. The van der Waals surface area contributed by atoms with Gasteiger partial charge in [-0.2, -0.15) is 0 Å². The van der Waals surface area contributed by atoms with Crippen LogP contribution in [0.3, 0.4) is 0 Å². The first kappa shape index (κ1) is 24.8. The second-order valence-electron chi connectivity index (χ2n) is 5.09. The highest BCUT2D eigenvalue weighted by Crippen LogP contribution is 2.69. The van der Waals surface area contributed by atoms with E-state index in [-0.39, 0.29) is 12.4 Å². The fourth-order valence-electron chi connectivity index (χ4n) is 3.49. The molecule has 0 unspecified atom stereocenters. The van der Waals surface area contributed by atoms with Crippen LogP contribution in [0.5, 0.6) is 0 Å². The van der Waals surface area contributed by atoms with Crippen LogP contribution in [0, 0.1) is 0 Å². The van der Waals surface area contributed by atoms with E-state index in [1.165, 1.54) is 0 Å². The van der Waals surface area contributed by atoms with E-state index >= 15 is 0 Å². The van der Waals surface area contributed by atoms with Crippen molar-refractivity contribution in [2.45, 2.75) is 55.4 Å². The summed E-state index contributed by atoms with van der Waals surface area (Å²) >= 11 is 0. The smallest absolute Gasteiger partial charge is 0.308 e. The van der Waals surface area contributed by atoms with Crippen molar-refractivity contribution in [3.05, 3.63) is 0 Å². The third-order valence-corrected chi connectivity index (χ3v) is 9.74. The molecule has 0 aromatic carbocycles. The summed E-state index contributed by atoms with van der Waals surface area (Å²) in [5.74, 6) is 0. The molecule has 22 heavy (non-hydrogen) atoms. The maximum absolute atomic E-state index is 2.74. The van der Waals surface area contributed by atoms with Crippen LogP contribution >= 0.6 is 7.87 Å². The Morgan fingerprint density at radius 3 is 0.636 bits per heavy atom. The summed E-state index contributed by atoms with van der Waals surface area (Å²) in [4.78, 5) is 0. The van der Waals surface area contributed by atoms with Crippen molar-refractivity contribution < 1.29 is 12.4 Å². The zero-order valence-corrected chi connectivity index (χ0v) is 17.9. The van der Waals surface area contributed by atoms with Crippen LogP contribution in [0.1, 0.15) is 55.4 Å². The third kappa shape index (κ3) is 4.78. The highest BCUT2D eigenvalue weighted by molar-refractivity contribution is 7.66. The monoisotopic (exact) mass is 354 g/mol. The maximum Gasteiger partial charge on any atom is 0.308 e. The van der Waals surface area contributed by atoms with E-state index < -0.39 is 7.87 Å². The van der Waals surface area contributed by atoms with Crippen molar-refractivity contribution in [3.8, 4) is 0 Å². The van der Waals surface area contributed by atoms with Gasteiger partial charge < -0.3 is 12.4 Å². The van der Waals surface area contributed by atoms with Gasteiger partial charge in [-0.1, -0.05) is 0 Å². The number of halogens is 1. The average molecular weight is 355 g/mol. The predicted octanol–water partition coefficient (Wildman–Crippen LogP) is 1.04. The molecule has 6 heteroatoms. The van der Waals surface area contributed by atoms with Gasteiger partial charge >= 0.3 is 7.87 Å². The highest BCUT2D eigenvalue weighted by Gasteiger charge is 2.58. The maximum atomic E-state index is 2.74. The minimum atomic E-state index is -1.60. The van der Waals surface area contributed by atoms with E-state index in [1.54, 1.807) is 0 Å². The molecule has 0 heterocycles. The fraction of sp³-hybridized carbons (Fsp3) is 1.00. The highest BCUT2D eigenvalue weighted by atomic mass is 35.5. The Bertz CT molecular complexity index is 199. The van der Waals surface area contributed by atoms with E-state index in [4.69, 9.17) is 0 Å². The van der Waals surface area contributed by atoms with Crippen LogP contribution in [0.2, 0.25) is 0 Å². The van der Waals surface area contributed by atoms with Crippen LogP contribution in [0.4, 0.5) is 0 Å². The molecule has 136 valence electrons. The van der Waals surface area contributed by atoms with Crippen molar-refractivity contribution in [2.75, 3.05) is 52.4 Å². The second kappa shape index (κ2) is 12.9. The fourth-order valence-corrected chi connectivity index (χ4v) is 8.67. The molecule has 0 rings (SSSR count). The van der Waals surface area contributed by atoms with Gasteiger partial charge in [0.2, 0.25) is 0 Å². The zero-order valence-electron chi connectivity index (χ0n) is 16.3. The van der Waals surface area contributed by atoms with Gasteiger partial charge in [-0.25, -0.2) is 0 Å². The Hall–Kier alpha value is 0.560. The minimum Gasteiger partial charge on any atom is -1.00 e. The largest absolute Gasteiger partial charge is 1.00 e. The SMILES string of the molecule is CCN(CC)[P+](N(CC)CC)(N(CC)CC)N(CC)CC.[Cl-]. The van der Waals surface area contributed by atoms with Crippen molar-refractivity contribution in [3.63, 3.8) is 0 Å². The first-order valence-electron chi connectivity index (χ1n) is 8.99. The number of rotatable bonds is 12. The van der Waals surface area contributed by atoms with Gasteiger partial charge in [-0.15, -0.1) is 18.7 Å². The van der Waals surface area contributed by atoms with Gasteiger partial charge in [0, 0.05) is 52.4 Å². The summed E-state index contributed by atoms with van der Waals surface area (Å²) < 4.78 is 10.9. The van der Waals surface area contributed by atoms with Gasteiger partial charge in [0.25, 0.3) is 0 Å². The molecule has 0 aliphatic rings. The predicted molar refractivity (Wildman–Crippen MR) is 98.6 cm³/mol. The van der Waals surface area contributed by atoms with Crippen molar-refractivity contribution in [1.82, 2.24) is 18.7 Å². The van der Waals surface area contributed by atoms with Crippen LogP contribution in [0.25, 0.3) is 0 Å². The molecule has 0 aromatic heterocycles. The lowest BCUT2D eigenvalue weighted by Gasteiger charge is -2.50. The van der Waals surface area contributed by atoms with Gasteiger partial charge in [0.05, 0.1) is 0 Å². The first-order chi connectivity index (χ1) is 10.1.